The Morgan fingerprint density at radius 1 is 0.963 bits per heavy atom. The van der Waals surface area contributed by atoms with E-state index in [2.05, 4.69) is 61.6 Å². The van der Waals surface area contributed by atoms with Crippen LogP contribution in [0.4, 0.5) is 0 Å². The maximum absolute atomic E-state index is 4.30. The number of guanidine groups is 1. The number of nitrogens with zero attached hydrogens (tertiary/aromatic N) is 3. The van der Waals surface area contributed by atoms with Crippen molar-refractivity contribution >= 4 is 29.9 Å². The summed E-state index contributed by atoms with van der Waals surface area (Å²) in [5.74, 6) is 1.82. The lowest BCUT2D eigenvalue weighted by atomic mass is 10.1. The fraction of sp³-hybridized carbons (Fsp3) is 0.238. The van der Waals surface area contributed by atoms with E-state index in [0.717, 1.165) is 31.4 Å². The molecule has 0 spiro atoms. The summed E-state index contributed by atoms with van der Waals surface area (Å²) in [5.41, 5.74) is 3.72. The minimum atomic E-state index is 0. The summed E-state index contributed by atoms with van der Waals surface area (Å²) in [7, 11) is 1.79. The van der Waals surface area contributed by atoms with Gasteiger partial charge >= 0.3 is 0 Å². The quantitative estimate of drug-likeness (QED) is 0.325. The van der Waals surface area contributed by atoms with E-state index in [1.165, 1.54) is 16.7 Å². The van der Waals surface area contributed by atoms with Crippen molar-refractivity contribution in [1.29, 1.82) is 0 Å². The molecule has 0 amide bonds. The first-order valence-corrected chi connectivity index (χ1v) is 8.78. The van der Waals surface area contributed by atoms with Crippen molar-refractivity contribution in [1.82, 2.24) is 20.2 Å². The zero-order valence-electron chi connectivity index (χ0n) is 15.7. The highest BCUT2D eigenvalue weighted by molar-refractivity contribution is 14.0. The van der Waals surface area contributed by atoms with E-state index in [1.807, 2.05) is 37.5 Å². The van der Waals surface area contributed by atoms with Crippen molar-refractivity contribution in [3.63, 3.8) is 0 Å². The van der Waals surface area contributed by atoms with Crippen LogP contribution >= 0.6 is 24.0 Å². The van der Waals surface area contributed by atoms with Crippen LogP contribution in [0.15, 0.2) is 72.0 Å². The van der Waals surface area contributed by atoms with Crippen LogP contribution in [-0.4, -0.2) is 22.6 Å². The minimum absolute atomic E-state index is 0. The first-order chi connectivity index (χ1) is 12.7. The van der Waals surface area contributed by atoms with Crippen molar-refractivity contribution in [3.8, 4) is 0 Å². The normalized spacial score (nSPS) is 11.0. The van der Waals surface area contributed by atoms with Gasteiger partial charge in [0.1, 0.15) is 5.82 Å². The number of halogens is 1. The van der Waals surface area contributed by atoms with Gasteiger partial charge in [0.2, 0.25) is 0 Å². The summed E-state index contributed by atoms with van der Waals surface area (Å²) in [4.78, 5) is 8.57. The van der Waals surface area contributed by atoms with Gasteiger partial charge in [-0.15, -0.1) is 24.0 Å². The predicted octanol–water partition coefficient (Wildman–Crippen LogP) is 3.72. The molecule has 0 atom stereocenters. The van der Waals surface area contributed by atoms with Crippen LogP contribution in [-0.2, 0) is 19.6 Å². The molecule has 0 saturated heterocycles. The Hall–Kier alpha value is -2.35. The van der Waals surface area contributed by atoms with Gasteiger partial charge in [-0.2, -0.15) is 0 Å². The third-order valence-electron chi connectivity index (χ3n) is 4.25. The van der Waals surface area contributed by atoms with Crippen LogP contribution in [0.3, 0.4) is 0 Å². The molecule has 5 nitrogen and oxygen atoms in total. The number of aliphatic imine (C=N–C) groups is 1. The van der Waals surface area contributed by atoms with Gasteiger partial charge in [-0.05, 0) is 23.6 Å². The molecule has 142 valence electrons. The second kappa shape index (κ2) is 10.7. The molecule has 3 aromatic rings. The SMILES string of the molecule is CN=C(NCc1ccccc1)NCc1cccc(Cn2ccnc2C)c1.I. The van der Waals surface area contributed by atoms with E-state index in [1.54, 1.807) is 7.05 Å². The van der Waals surface area contributed by atoms with Crippen molar-refractivity contribution in [2.45, 2.75) is 26.6 Å². The van der Waals surface area contributed by atoms with Gasteiger partial charge < -0.3 is 15.2 Å². The van der Waals surface area contributed by atoms with Crippen LogP contribution in [0.1, 0.15) is 22.5 Å². The molecule has 0 aliphatic heterocycles. The molecule has 0 fully saturated rings. The highest BCUT2D eigenvalue weighted by Crippen LogP contribution is 2.08. The summed E-state index contributed by atoms with van der Waals surface area (Å²) >= 11 is 0. The Kier molecular flexibility index (Phi) is 8.32. The Morgan fingerprint density at radius 2 is 1.63 bits per heavy atom. The Morgan fingerprint density at radius 3 is 2.30 bits per heavy atom. The average Bonchev–Trinajstić information content (AvgIpc) is 3.08. The van der Waals surface area contributed by atoms with Gasteiger partial charge in [0, 0.05) is 39.1 Å². The Balaban J connectivity index is 0.00000261. The van der Waals surface area contributed by atoms with Gasteiger partial charge in [-0.3, -0.25) is 4.99 Å². The lowest BCUT2D eigenvalue weighted by Gasteiger charge is -2.13. The molecule has 1 heterocycles. The Labute approximate surface area is 178 Å². The first-order valence-electron chi connectivity index (χ1n) is 8.78. The average molecular weight is 475 g/mol. The summed E-state index contributed by atoms with van der Waals surface area (Å²) in [6.45, 7) is 4.33. The van der Waals surface area contributed by atoms with Crippen molar-refractivity contribution in [2.24, 2.45) is 4.99 Å². The second-order valence-corrected chi connectivity index (χ2v) is 6.19. The number of hydrogen-bond donors (Lipinski definition) is 2. The lowest BCUT2D eigenvalue weighted by Crippen LogP contribution is -2.36. The van der Waals surface area contributed by atoms with Gasteiger partial charge in [0.05, 0.1) is 0 Å². The molecular weight excluding hydrogens is 449 g/mol. The number of benzene rings is 2. The predicted molar refractivity (Wildman–Crippen MR) is 121 cm³/mol. The fourth-order valence-electron chi connectivity index (χ4n) is 2.79. The molecule has 3 rings (SSSR count). The van der Waals surface area contributed by atoms with Crippen LogP contribution in [0.5, 0.6) is 0 Å². The maximum Gasteiger partial charge on any atom is 0.191 e. The maximum atomic E-state index is 4.30. The summed E-state index contributed by atoms with van der Waals surface area (Å²) in [6, 6.07) is 18.9. The van der Waals surface area contributed by atoms with E-state index >= 15 is 0 Å². The third-order valence-corrected chi connectivity index (χ3v) is 4.25. The van der Waals surface area contributed by atoms with E-state index in [4.69, 9.17) is 0 Å². The fourth-order valence-corrected chi connectivity index (χ4v) is 2.79. The summed E-state index contributed by atoms with van der Waals surface area (Å²) in [6.07, 6.45) is 3.85. The molecule has 0 aliphatic carbocycles. The summed E-state index contributed by atoms with van der Waals surface area (Å²) in [5, 5.41) is 6.71. The lowest BCUT2D eigenvalue weighted by molar-refractivity contribution is 0.758. The number of nitrogens with one attached hydrogen (secondary N) is 2. The Bertz CT molecular complexity index is 858. The van der Waals surface area contributed by atoms with Gasteiger partial charge in [-0.25, -0.2) is 4.98 Å². The van der Waals surface area contributed by atoms with E-state index in [9.17, 15) is 0 Å². The standard InChI is InChI=1S/C21H25N5.HI/c1-17-23-11-12-26(17)16-20-10-6-9-19(13-20)15-25-21(22-2)24-14-18-7-4-3-5-8-18;/h3-13H,14-16H2,1-2H3,(H2,22,24,25);1H. The molecule has 27 heavy (non-hydrogen) atoms. The van der Waals surface area contributed by atoms with Crippen molar-refractivity contribution in [3.05, 3.63) is 89.5 Å². The molecule has 1 aromatic heterocycles. The summed E-state index contributed by atoms with van der Waals surface area (Å²) < 4.78 is 2.15. The highest BCUT2D eigenvalue weighted by Gasteiger charge is 2.02. The zero-order chi connectivity index (χ0) is 18.2. The van der Waals surface area contributed by atoms with E-state index in [0.29, 0.717) is 0 Å². The number of aryl methyl sites for hydroxylation is 1. The topological polar surface area (TPSA) is 54.2 Å². The zero-order valence-corrected chi connectivity index (χ0v) is 18.1. The monoisotopic (exact) mass is 475 g/mol. The van der Waals surface area contributed by atoms with Crippen LogP contribution in [0.2, 0.25) is 0 Å². The molecule has 2 aromatic carbocycles. The number of rotatable bonds is 6. The third kappa shape index (κ3) is 6.39. The molecule has 0 radical (unpaired) electrons. The molecule has 0 saturated carbocycles. The van der Waals surface area contributed by atoms with Crippen molar-refractivity contribution in [2.75, 3.05) is 7.05 Å². The highest BCUT2D eigenvalue weighted by atomic mass is 127. The molecule has 0 unspecified atom stereocenters. The molecular formula is C21H26IN5. The largest absolute Gasteiger partial charge is 0.352 e. The van der Waals surface area contributed by atoms with Gasteiger partial charge in [0.15, 0.2) is 5.96 Å². The van der Waals surface area contributed by atoms with Crippen LogP contribution < -0.4 is 10.6 Å². The molecule has 0 bridgehead atoms. The van der Waals surface area contributed by atoms with E-state index < -0.39 is 0 Å². The van der Waals surface area contributed by atoms with Crippen molar-refractivity contribution < 1.29 is 0 Å². The minimum Gasteiger partial charge on any atom is -0.352 e. The van der Waals surface area contributed by atoms with Gasteiger partial charge in [-0.1, -0.05) is 54.6 Å². The second-order valence-electron chi connectivity index (χ2n) is 6.19. The molecule has 0 aliphatic rings. The smallest absolute Gasteiger partial charge is 0.191 e. The van der Waals surface area contributed by atoms with Gasteiger partial charge in [0.25, 0.3) is 0 Å². The van der Waals surface area contributed by atoms with E-state index in [-0.39, 0.29) is 24.0 Å². The number of imidazole rings is 1. The first kappa shape index (κ1) is 21.0. The van der Waals surface area contributed by atoms with Crippen LogP contribution in [0.25, 0.3) is 0 Å². The number of aromatic nitrogens is 2. The molecule has 6 heteroatoms. The van der Waals surface area contributed by atoms with Crippen LogP contribution in [0, 0.1) is 6.92 Å². The number of hydrogen-bond acceptors (Lipinski definition) is 2. The molecule has 2 N–H and O–H groups in total.